The summed E-state index contributed by atoms with van der Waals surface area (Å²) in [6.07, 6.45) is 1.44. The lowest BCUT2D eigenvalue weighted by Gasteiger charge is -2.35. The van der Waals surface area contributed by atoms with Gasteiger partial charge in [-0.1, -0.05) is 6.07 Å². The van der Waals surface area contributed by atoms with Crippen molar-refractivity contribution < 1.29 is 9.90 Å². The van der Waals surface area contributed by atoms with Crippen molar-refractivity contribution in [1.29, 1.82) is 0 Å². The number of nitrogens with one attached hydrogen (secondary N) is 1. The summed E-state index contributed by atoms with van der Waals surface area (Å²) >= 11 is 1.58. The number of benzene rings is 1. The van der Waals surface area contributed by atoms with E-state index in [2.05, 4.69) is 9.88 Å². The summed E-state index contributed by atoms with van der Waals surface area (Å²) < 4.78 is 0. The van der Waals surface area contributed by atoms with E-state index < -0.39 is 6.10 Å². The van der Waals surface area contributed by atoms with E-state index in [4.69, 9.17) is 0 Å². The van der Waals surface area contributed by atoms with E-state index in [0.717, 1.165) is 34.4 Å². The zero-order valence-corrected chi connectivity index (χ0v) is 14.7. The summed E-state index contributed by atoms with van der Waals surface area (Å²) in [6, 6.07) is 11.7. The van der Waals surface area contributed by atoms with Gasteiger partial charge in [0.25, 0.3) is 5.91 Å². The first-order chi connectivity index (χ1) is 12.2. The molecule has 5 nitrogen and oxygen atoms in total. The molecule has 2 aromatic heterocycles. The largest absolute Gasteiger partial charge is 0.386 e. The first kappa shape index (κ1) is 16.3. The zero-order valence-electron chi connectivity index (χ0n) is 13.9. The van der Waals surface area contributed by atoms with Gasteiger partial charge in [0.1, 0.15) is 6.10 Å². The normalized spacial score (nSPS) is 17.1. The number of piperazine rings is 1. The molecule has 1 aliphatic heterocycles. The van der Waals surface area contributed by atoms with Gasteiger partial charge in [0.2, 0.25) is 0 Å². The van der Waals surface area contributed by atoms with Crippen LogP contribution in [0.3, 0.4) is 0 Å². The molecule has 1 aromatic carbocycles. The Hall–Kier alpha value is -2.15. The van der Waals surface area contributed by atoms with Crippen LogP contribution in [0.4, 0.5) is 0 Å². The molecule has 1 atom stereocenters. The van der Waals surface area contributed by atoms with Crippen LogP contribution in [0.1, 0.15) is 21.3 Å². The number of H-pyrrole nitrogens is 1. The van der Waals surface area contributed by atoms with Gasteiger partial charge in [0, 0.05) is 60.3 Å². The van der Waals surface area contributed by atoms with Crippen LogP contribution in [0.5, 0.6) is 0 Å². The van der Waals surface area contributed by atoms with E-state index in [9.17, 15) is 9.90 Å². The van der Waals surface area contributed by atoms with Crippen molar-refractivity contribution in [3.63, 3.8) is 0 Å². The van der Waals surface area contributed by atoms with Gasteiger partial charge < -0.3 is 15.0 Å². The fourth-order valence-corrected chi connectivity index (χ4v) is 4.02. The molecule has 1 fully saturated rings. The number of amides is 1. The van der Waals surface area contributed by atoms with Gasteiger partial charge in [-0.15, -0.1) is 11.3 Å². The average molecular weight is 355 g/mol. The Kier molecular flexibility index (Phi) is 4.57. The van der Waals surface area contributed by atoms with E-state index >= 15 is 0 Å². The number of thiophene rings is 1. The van der Waals surface area contributed by atoms with Crippen LogP contribution in [0.2, 0.25) is 0 Å². The van der Waals surface area contributed by atoms with Crippen molar-refractivity contribution in [1.82, 2.24) is 14.8 Å². The summed E-state index contributed by atoms with van der Waals surface area (Å²) in [4.78, 5) is 21.0. The number of β-amino-alcohol motifs (C(OH)–C–C–N with tert-alkyl or cyclic N) is 1. The quantitative estimate of drug-likeness (QED) is 0.756. The number of hydrogen-bond donors (Lipinski definition) is 2. The van der Waals surface area contributed by atoms with Crippen LogP contribution in [-0.2, 0) is 0 Å². The lowest BCUT2D eigenvalue weighted by Crippen LogP contribution is -2.49. The second kappa shape index (κ2) is 7.00. The molecule has 1 saturated heterocycles. The minimum Gasteiger partial charge on any atom is -0.386 e. The number of nitrogens with zero attached hydrogens (tertiary/aromatic N) is 2. The van der Waals surface area contributed by atoms with Gasteiger partial charge in [0.05, 0.1) is 0 Å². The number of aromatic nitrogens is 1. The topological polar surface area (TPSA) is 59.6 Å². The van der Waals surface area contributed by atoms with Crippen LogP contribution >= 0.6 is 11.3 Å². The predicted octanol–water partition coefficient (Wildman–Crippen LogP) is 2.72. The van der Waals surface area contributed by atoms with E-state index in [1.807, 2.05) is 52.9 Å². The van der Waals surface area contributed by atoms with Crippen molar-refractivity contribution >= 4 is 28.1 Å². The maximum absolute atomic E-state index is 12.7. The third kappa shape index (κ3) is 3.46. The predicted molar refractivity (Wildman–Crippen MR) is 99.9 cm³/mol. The Morgan fingerprint density at radius 2 is 2.04 bits per heavy atom. The van der Waals surface area contributed by atoms with Crippen molar-refractivity contribution in [2.45, 2.75) is 6.10 Å². The average Bonchev–Trinajstić information content (AvgIpc) is 3.32. The van der Waals surface area contributed by atoms with Crippen molar-refractivity contribution in [2.75, 3.05) is 32.7 Å². The Morgan fingerprint density at radius 3 is 2.80 bits per heavy atom. The standard InChI is InChI=1S/C19H21N3O2S/c23-17(18-2-1-11-25-18)13-21-7-9-22(10-8-21)19(24)15-3-4-16-14(12-15)5-6-20-16/h1-6,11-12,17,20,23H,7-10,13H2. The maximum Gasteiger partial charge on any atom is 0.253 e. The van der Waals surface area contributed by atoms with Gasteiger partial charge in [-0.05, 0) is 35.7 Å². The monoisotopic (exact) mass is 355 g/mol. The highest BCUT2D eigenvalue weighted by molar-refractivity contribution is 7.10. The minimum absolute atomic E-state index is 0.0848. The molecule has 1 unspecified atom stereocenters. The Balaban J connectivity index is 1.35. The fourth-order valence-electron chi connectivity index (χ4n) is 3.32. The molecule has 2 N–H and O–H groups in total. The lowest BCUT2D eigenvalue weighted by molar-refractivity contribution is 0.0533. The molecule has 0 saturated carbocycles. The van der Waals surface area contributed by atoms with Crippen molar-refractivity contribution in [3.8, 4) is 0 Å². The Morgan fingerprint density at radius 1 is 1.20 bits per heavy atom. The number of hydrogen-bond acceptors (Lipinski definition) is 4. The molecule has 0 bridgehead atoms. The van der Waals surface area contributed by atoms with Crippen LogP contribution in [0.25, 0.3) is 10.9 Å². The molecule has 3 aromatic rings. The van der Waals surface area contributed by atoms with Crippen molar-refractivity contribution in [2.24, 2.45) is 0 Å². The molecule has 3 heterocycles. The molecule has 6 heteroatoms. The van der Waals surface area contributed by atoms with E-state index in [1.54, 1.807) is 11.3 Å². The fraction of sp³-hybridized carbons (Fsp3) is 0.316. The molecule has 4 rings (SSSR count). The summed E-state index contributed by atoms with van der Waals surface area (Å²) in [5.74, 6) is 0.0848. The third-order valence-corrected chi connectivity index (χ3v) is 5.74. The molecular weight excluding hydrogens is 334 g/mol. The number of carbonyl (C=O) groups excluding carboxylic acids is 1. The third-order valence-electron chi connectivity index (χ3n) is 4.76. The highest BCUT2D eigenvalue weighted by Crippen LogP contribution is 2.21. The molecule has 0 spiro atoms. The van der Waals surface area contributed by atoms with Crippen molar-refractivity contribution in [3.05, 3.63) is 58.4 Å². The van der Waals surface area contributed by atoms with Crippen LogP contribution in [0.15, 0.2) is 48.0 Å². The molecule has 130 valence electrons. The summed E-state index contributed by atoms with van der Waals surface area (Å²) in [5, 5.41) is 13.3. The van der Waals surface area contributed by atoms with E-state index in [-0.39, 0.29) is 5.91 Å². The van der Waals surface area contributed by atoms with E-state index in [0.29, 0.717) is 19.6 Å². The molecule has 0 aliphatic carbocycles. The SMILES string of the molecule is O=C(c1ccc2[nH]ccc2c1)N1CCN(CC(O)c2cccs2)CC1. The number of aliphatic hydroxyl groups excluding tert-OH is 1. The number of rotatable bonds is 4. The van der Waals surface area contributed by atoms with Crippen LogP contribution in [-0.4, -0.2) is 58.5 Å². The van der Waals surface area contributed by atoms with Gasteiger partial charge in [-0.3, -0.25) is 9.69 Å². The first-order valence-electron chi connectivity index (χ1n) is 8.51. The summed E-state index contributed by atoms with van der Waals surface area (Å²) in [6.45, 7) is 3.60. The number of fused-ring (bicyclic) bond motifs is 1. The lowest BCUT2D eigenvalue weighted by atomic mass is 10.1. The maximum atomic E-state index is 12.7. The Bertz CT molecular complexity index is 851. The van der Waals surface area contributed by atoms with Gasteiger partial charge >= 0.3 is 0 Å². The molecule has 1 amide bonds. The van der Waals surface area contributed by atoms with Crippen LogP contribution < -0.4 is 0 Å². The highest BCUT2D eigenvalue weighted by Gasteiger charge is 2.24. The van der Waals surface area contributed by atoms with Gasteiger partial charge in [-0.2, -0.15) is 0 Å². The molecule has 0 radical (unpaired) electrons. The van der Waals surface area contributed by atoms with Gasteiger partial charge in [-0.25, -0.2) is 0 Å². The number of carbonyl (C=O) groups is 1. The summed E-state index contributed by atoms with van der Waals surface area (Å²) in [7, 11) is 0. The second-order valence-corrected chi connectivity index (χ2v) is 7.38. The van der Waals surface area contributed by atoms with Crippen LogP contribution in [0, 0.1) is 0 Å². The minimum atomic E-state index is -0.446. The molecule has 1 aliphatic rings. The summed E-state index contributed by atoms with van der Waals surface area (Å²) in [5.41, 5.74) is 1.78. The second-order valence-electron chi connectivity index (χ2n) is 6.40. The highest BCUT2D eigenvalue weighted by atomic mass is 32.1. The Labute approximate surface area is 150 Å². The zero-order chi connectivity index (χ0) is 17.2. The first-order valence-corrected chi connectivity index (χ1v) is 9.39. The molecular formula is C19H21N3O2S. The van der Waals surface area contributed by atoms with E-state index in [1.165, 1.54) is 0 Å². The molecule has 25 heavy (non-hydrogen) atoms. The number of aliphatic hydroxyl groups is 1. The van der Waals surface area contributed by atoms with Gasteiger partial charge in [0.15, 0.2) is 0 Å². The smallest absolute Gasteiger partial charge is 0.253 e. The number of aromatic amines is 1.